The molecule has 6 nitrogen and oxygen atoms in total. The number of aromatic nitrogens is 1. The van der Waals surface area contributed by atoms with Gasteiger partial charge in [0.25, 0.3) is 0 Å². The summed E-state index contributed by atoms with van der Waals surface area (Å²) in [4.78, 5) is 14.6. The molecule has 0 spiro atoms. The van der Waals surface area contributed by atoms with E-state index in [1.807, 2.05) is 0 Å². The fraction of sp³-hybridized carbons (Fsp3) is 0.333. The van der Waals surface area contributed by atoms with Crippen LogP contribution in [0.25, 0.3) is 0 Å². The number of rotatable bonds is 5. The number of anilines is 1. The monoisotopic (exact) mass is 278 g/mol. The van der Waals surface area contributed by atoms with Crippen molar-refractivity contribution in [1.82, 2.24) is 4.98 Å². The van der Waals surface area contributed by atoms with Gasteiger partial charge in [-0.1, -0.05) is 11.6 Å². The van der Waals surface area contributed by atoms with Crippen LogP contribution >= 0.6 is 11.6 Å². The summed E-state index contributed by atoms with van der Waals surface area (Å²) < 4.78 is 21.8. The molecule has 8 heteroatoms. The maximum absolute atomic E-state index is 10.9. The Kier molecular flexibility index (Phi) is 4.30. The largest absolute Gasteiger partial charge is 0.478 e. The average Bonchev–Trinajstić information content (AvgIpc) is 2.15. The molecule has 1 aromatic rings. The molecule has 0 atom stereocenters. The van der Waals surface area contributed by atoms with Crippen molar-refractivity contribution in [3.05, 3.63) is 22.8 Å². The highest BCUT2D eigenvalue weighted by molar-refractivity contribution is 7.90. The Balaban J connectivity index is 2.82. The average molecular weight is 279 g/mol. The lowest BCUT2D eigenvalue weighted by Gasteiger charge is -2.08. The van der Waals surface area contributed by atoms with Crippen LogP contribution in [-0.4, -0.2) is 43.0 Å². The summed E-state index contributed by atoms with van der Waals surface area (Å²) in [6, 6.07) is 2.66. The molecular formula is C9H11ClN2O4S. The molecule has 2 N–H and O–H groups in total. The topological polar surface area (TPSA) is 96.4 Å². The summed E-state index contributed by atoms with van der Waals surface area (Å²) in [6.45, 7) is 0.0758. The van der Waals surface area contributed by atoms with Gasteiger partial charge >= 0.3 is 5.97 Å². The molecule has 0 aliphatic carbocycles. The fourth-order valence-corrected chi connectivity index (χ4v) is 1.72. The molecule has 0 unspecified atom stereocenters. The second-order valence-electron chi connectivity index (χ2n) is 3.39. The molecule has 0 amide bonds. The first-order chi connectivity index (χ1) is 7.79. The van der Waals surface area contributed by atoms with Gasteiger partial charge in [-0.25, -0.2) is 18.2 Å². The number of carboxylic acids is 1. The van der Waals surface area contributed by atoms with Crippen molar-refractivity contribution in [1.29, 1.82) is 0 Å². The Morgan fingerprint density at radius 2 is 2.18 bits per heavy atom. The molecule has 0 aliphatic heterocycles. The zero-order valence-corrected chi connectivity index (χ0v) is 10.5. The molecule has 0 saturated carbocycles. The van der Waals surface area contributed by atoms with Crippen LogP contribution in [-0.2, 0) is 9.84 Å². The number of hydrogen-bond donors (Lipinski definition) is 2. The van der Waals surface area contributed by atoms with E-state index in [0.29, 0.717) is 0 Å². The normalized spacial score (nSPS) is 11.2. The van der Waals surface area contributed by atoms with E-state index in [9.17, 15) is 13.2 Å². The van der Waals surface area contributed by atoms with Gasteiger partial charge in [0.05, 0.1) is 5.75 Å². The minimum atomic E-state index is -3.11. The summed E-state index contributed by atoms with van der Waals surface area (Å²) in [5.41, 5.74) is -0.0529. The van der Waals surface area contributed by atoms with Crippen molar-refractivity contribution < 1.29 is 18.3 Å². The molecular weight excluding hydrogens is 268 g/mol. The van der Waals surface area contributed by atoms with Crippen molar-refractivity contribution in [2.24, 2.45) is 0 Å². The second kappa shape index (κ2) is 5.33. The lowest BCUT2D eigenvalue weighted by molar-refractivity contribution is 0.0697. The van der Waals surface area contributed by atoms with Crippen LogP contribution in [0.3, 0.4) is 0 Å². The van der Waals surface area contributed by atoms with Crippen LogP contribution in [0.5, 0.6) is 0 Å². The van der Waals surface area contributed by atoms with Gasteiger partial charge in [-0.3, -0.25) is 0 Å². The van der Waals surface area contributed by atoms with Crippen LogP contribution in [0.4, 0.5) is 5.82 Å². The third kappa shape index (κ3) is 4.58. The summed E-state index contributed by atoms with van der Waals surface area (Å²) in [5, 5.41) is 11.6. The Labute approximate surface area is 104 Å². The van der Waals surface area contributed by atoms with Crippen LogP contribution in [0, 0.1) is 0 Å². The van der Waals surface area contributed by atoms with Crippen molar-refractivity contribution in [3.8, 4) is 0 Å². The zero-order valence-electron chi connectivity index (χ0n) is 8.97. The van der Waals surface area contributed by atoms with E-state index in [1.54, 1.807) is 0 Å². The van der Waals surface area contributed by atoms with E-state index in [2.05, 4.69) is 10.3 Å². The van der Waals surface area contributed by atoms with Gasteiger partial charge in [0.1, 0.15) is 26.4 Å². The third-order valence-corrected chi connectivity index (χ3v) is 3.01. The Morgan fingerprint density at radius 3 is 2.71 bits per heavy atom. The van der Waals surface area contributed by atoms with E-state index < -0.39 is 15.8 Å². The van der Waals surface area contributed by atoms with Crippen LogP contribution < -0.4 is 5.32 Å². The molecule has 1 rings (SSSR count). The lowest BCUT2D eigenvalue weighted by atomic mass is 10.2. The van der Waals surface area contributed by atoms with Crippen molar-refractivity contribution >= 4 is 33.2 Å². The highest BCUT2D eigenvalue weighted by Crippen LogP contribution is 2.16. The summed E-state index contributed by atoms with van der Waals surface area (Å²) in [6.07, 6.45) is 1.10. The Morgan fingerprint density at radius 1 is 1.53 bits per heavy atom. The number of carbonyl (C=O) groups is 1. The third-order valence-electron chi connectivity index (χ3n) is 1.86. The molecule has 0 fully saturated rings. The highest BCUT2D eigenvalue weighted by Gasteiger charge is 2.12. The highest BCUT2D eigenvalue weighted by atomic mass is 35.5. The second-order valence-corrected chi connectivity index (χ2v) is 6.04. The van der Waals surface area contributed by atoms with E-state index in [-0.39, 0.29) is 28.8 Å². The molecule has 1 heterocycles. The SMILES string of the molecule is CS(=O)(=O)CCNc1nc(Cl)ccc1C(=O)O. The quantitative estimate of drug-likeness (QED) is 0.777. The summed E-state index contributed by atoms with van der Waals surface area (Å²) in [7, 11) is -3.11. The number of pyridine rings is 1. The van der Waals surface area contributed by atoms with Crippen molar-refractivity contribution in [3.63, 3.8) is 0 Å². The van der Waals surface area contributed by atoms with Crippen LogP contribution in [0.1, 0.15) is 10.4 Å². The summed E-state index contributed by atoms with van der Waals surface area (Å²) in [5.74, 6) is -1.20. The summed E-state index contributed by atoms with van der Waals surface area (Å²) >= 11 is 5.63. The van der Waals surface area contributed by atoms with Crippen molar-refractivity contribution in [2.75, 3.05) is 23.9 Å². The fourth-order valence-electron chi connectivity index (χ4n) is 1.10. The van der Waals surface area contributed by atoms with Crippen LogP contribution in [0.15, 0.2) is 12.1 Å². The zero-order chi connectivity index (χ0) is 13.1. The molecule has 0 aliphatic rings. The standard InChI is InChI=1S/C9H11ClN2O4S/c1-17(15,16)5-4-11-8-6(9(13)14)2-3-7(10)12-8/h2-3H,4-5H2,1H3,(H,11,12)(H,13,14). The lowest BCUT2D eigenvalue weighted by Crippen LogP contribution is -2.16. The van der Waals surface area contributed by atoms with E-state index in [0.717, 1.165) is 6.26 Å². The van der Waals surface area contributed by atoms with E-state index in [1.165, 1.54) is 12.1 Å². The molecule has 0 aromatic carbocycles. The maximum Gasteiger partial charge on any atom is 0.339 e. The van der Waals surface area contributed by atoms with E-state index >= 15 is 0 Å². The van der Waals surface area contributed by atoms with Gasteiger partial charge in [-0.05, 0) is 12.1 Å². The first-order valence-corrected chi connectivity index (χ1v) is 7.05. The van der Waals surface area contributed by atoms with Gasteiger partial charge < -0.3 is 10.4 Å². The van der Waals surface area contributed by atoms with Gasteiger partial charge in [0.15, 0.2) is 0 Å². The molecule has 0 saturated heterocycles. The van der Waals surface area contributed by atoms with Gasteiger partial charge in [0, 0.05) is 12.8 Å². The number of nitrogens with zero attached hydrogens (tertiary/aromatic N) is 1. The van der Waals surface area contributed by atoms with E-state index in [4.69, 9.17) is 16.7 Å². The number of halogens is 1. The van der Waals surface area contributed by atoms with Gasteiger partial charge in [0.2, 0.25) is 0 Å². The number of sulfone groups is 1. The minimum absolute atomic E-state index is 0.0529. The number of carboxylic acid groups (broad SMARTS) is 1. The first kappa shape index (κ1) is 13.7. The van der Waals surface area contributed by atoms with Crippen LogP contribution in [0.2, 0.25) is 5.15 Å². The molecule has 0 bridgehead atoms. The predicted molar refractivity (Wildman–Crippen MR) is 64.4 cm³/mol. The predicted octanol–water partition coefficient (Wildman–Crippen LogP) is 0.890. The number of hydrogen-bond acceptors (Lipinski definition) is 5. The van der Waals surface area contributed by atoms with Gasteiger partial charge in [-0.15, -0.1) is 0 Å². The molecule has 1 aromatic heterocycles. The smallest absolute Gasteiger partial charge is 0.339 e. The molecule has 17 heavy (non-hydrogen) atoms. The number of aromatic carboxylic acids is 1. The minimum Gasteiger partial charge on any atom is -0.478 e. The molecule has 94 valence electrons. The van der Waals surface area contributed by atoms with Gasteiger partial charge in [-0.2, -0.15) is 0 Å². The number of nitrogens with one attached hydrogen (secondary N) is 1. The Bertz CT molecular complexity index is 530. The first-order valence-electron chi connectivity index (χ1n) is 4.61. The molecule has 0 radical (unpaired) electrons. The Hall–Kier alpha value is -1.34. The maximum atomic E-state index is 10.9. The van der Waals surface area contributed by atoms with Crippen molar-refractivity contribution in [2.45, 2.75) is 0 Å².